The molecule has 13 heavy (non-hydrogen) atoms. The Hall–Kier alpha value is -1.60. The van der Waals surface area contributed by atoms with Crippen LogP contribution in [0.15, 0.2) is 29.3 Å². The maximum atomic E-state index is 10.2. The molecule has 0 N–H and O–H groups in total. The van der Waals surface area contributed by atoms with Crippen LogP contribution in [0.5, 0.6) is 5.75 Å². The Kier molecular flexibility index (Phi) is 2.11. The van der Waals surface area contributed by atoms with Gasteiger partial charge < -0.3 is 4.74 Å². The highest BCUT2D eigenvalue weighted by molar-refractivity contribution is 5.41. The molecule has 1 heterocycles. The third-order valence-electron chi connectivity index (χ3n) is 2.14. The topological polar surface area (TPSA) is 38.7 Å². The molecule has 1 aliphatic rings. The third-order valence-corrected chi connectivity index (χ3v) is 2.14. The van der Waals surface area contributed by atoms with Crippen LogP contribution >= 0.6 is 0 Å². The van der Waals surface area contributed by atoms with Gasteiger partial charge in [-0.15, -0.1) is 0 Å². The Morgan fingerprint density at radius 3 is 3.15 bits per heavy atom. The van der Waals surface area contributed by atoms with Crippen LogP contribution in [-0.4, -0.2) is 12.7 Å². The Labute approximate surface area is 76.1 Å². The van der Waals surface area contributed by atoms with E-state index in [0.29, 0.717) is 6.61 Å². The van der Waals surface area contributed by atoms with Crippen molar-refractivity contribution in [3.63, 3.8) is 0 Å². The van der Waals surface area contributed by atoms with E-state index in [1.165, 1.54) is 0 Å². The predicted molar refractivity (Wildman–Crippen MR) is 47.4 cm³/mol. The van der Waals surface area contributed by atoms with Crippen molar-refractivity contribution in [3.05, 3.63) is 29.8 Å². The average Bonchev–Trinajstić information content (AvgIpc) is 2.19. The van der Waals surface area contributed by atoms with E-state index >= 15 is 0 Å². The molecule has 0 spiro atoms. The number of hydrogen-bond donors (Lipinski definition) is 0. The summed E-state index contributed by atoms with van der Waals surface area (Å²) in [6.45, 7) is 0.618. The summed E-state index contributed by atoms with van der Waals surface area (Å²) in [6.07, 6.45) is 2.35. The largest absolute Gasteiger partial charge is 0.493 e. The van der Waals surface area contributed by atoms with Crippen LogP contribution in [0.2, 0.25) is 0 Å². The lowest BCUT2D eigenvalue weighted by atomic mass is 10.0. The van der Waals surface area contributed by atoms with Gasteiger partial charge in [-0.25, -0.2) is 4.79 Å². The lowest BCUT2D eigenvalue weighted by molar-refractivity contribution is 0.269. The number of rotatable bonds is 1. The zero-order valence-electron chi connectivity index (χ0n) is 7.06. The van der Waals surface area contributed by atoms with Crippen LogP contribution in [-0.2, 0) is 4.79 Å². The number of fused-ring (bicyclic) bond motifs is 1. The van der Waals surface area contributed by atoms with Crippen LogP contribution < -0.4 is 4.74 Å². The van der Waals surface area contributed by atoms with Gasteiger partial charge in [0.05, 0.1) is 12.6 Å². The first kappa shape index (κ1) is 8.02. The van der Waals surface area contributed by atoms with E-state index in [-0.39, 0.29) is 6.04 Å². The van der Waals surface area contributed by atoms with Crippen LogP contribution in [0.25, 0.3) is 0 Å². The molecule has 0 bridgehead atoms. The molecule has 0 aromatic heterocycles. The third kappa shape index (κ3) is 1.46. The zero-order chi connectivity index (χ0) is 9.10. The summed E-state index contributed by atoms with van der Waals surface area (Å²) >= 11 is 0. The second kappa shape index (κ2) is 3.42. The molecule has 0 aliphatic carbocycles. The van der Waals surface area contributed by atoms with E-state index in [0.717, 1.165) is 17.7 Å². The lowest BCUT2D eigenvalue weighted by Gasteiger charge is -2.21. The first-order valence-corrected chi connectivity index (χ1v) is 4.20. The molecule has 1 atom stereocenters. The SMILES string of the molecule is O=C=N[C@@H]1CCOc2ccccc21. The summed E-state index contributed by atoms with van der Waals surface area (Å²) in [7, 11) is 0. The van der Waals surface area contributed by atoms with Gasteiger partial charge in [-0.1, -0.05) is 18.2 Å². The summed E-state index contributed by atoms with van der Waals surface area (Å²) in [4.78, 5) is 13.9. The van der Waals surface area contributed by atoms with Gasteiger partial charge in [-0.05, 0) is 6.07 Å². The van der Waals surface area contributed by atoms with Gasteiger partial charge in [0.2, 0.25) is 6.08 Å². The molecule has 0 fully saturated rings. The van der Waals surface area contributed by atoms with Gasteiger partial charge in [0, 0.05) is 12.0 Å². The molecular formula is C10H9NO2. The minimum absolute atomic E-state index is 0.0672. The Bertz CT molecular complexity index is 356. The van der Waals surface area contributed by atoms with Gasteiger partial charge in [0.15, 0.2) is 0 Å². The van der Waals surface area contributed by atoms with E-state index in [9.17, 15) is 4.79 Å². The Balaban J connectivity index is 2.42. The summed E-state index contributed by atoms with van der Waals surface area (Å²) in [5.74, 6) is 0.831. The highest BCUT2D eigenvalue weighted by Crippen LogP contribution is 2.33. The van der Waals surface area contributed by atoms with Gasteiger partial charge >= 0.3 is 0 Å². The van der Waals surface area contributed by atoms with E-state index in [1.807, 2.05) is 24.3 Å². The number of carbonyl (C=O) groups excluding carboxylic acids is 1. The molecule has 0 unspecified atom stereocenters. The quantitative estimate of drug-likeness (QED) is 0.482. The van der Waals surface area contributed by atoms with Crippen molar-refractivity contribution >= 4 is 6.08 Å². The highest BCUT2D eigenvalue weighted by atomic mass is 16.5. The first-order valence-electron chi connectivity index (χ1n) is 4.20. The van der Waals surface area contributed by atoms with E-state index in [2.05, 4.69) is 4.99 Å². The normalized spacial score (nSPS) is 19.5. The fourth-order valence-corrected chi connectivity index (χ4v) is 1.52. The number of nitrogens with zero attached hydrogens (tertiary/aromatic N) is 1. The molecule has 0 saturated heterocycles. The van der Waals surface area contributed by atoms with Crippen molar-refractivity contribution in [2.75, 3.05) is 6.61 Å². The maximum Gasteiger partial charge on any atom is 0.235 e. The molecule has 0 saturated carbocycles. The van der Waals surface area contributed by atoms with Crippen molar-refractivity contribution in [1.29, 1.82) is 0 Å². The van der Waals surface area contributed by atoms with E-state index in [1.54, 1.807) is 6.08 Å². The van der Waals surface area contributed by atoms with Crippen LogP contribution in [0.3, 0.4) is 0 Å². The van der Waals surface area contributed by atoms with Crippen LogP contribution in [0.4, 0.5) is 0 Å². The van der Waals surface area contributed by atoms with Crippen molar-refractivity contribution in [1.82, 2.24) is 0 Å². The number of ether oxygens (including phenoxy) is 1. The van der Waals surface area contributed by atoms with E-state index < -0.39 is 0 Å². The van der Waals surface area contributed by atoms with Crippen molar-refractivity contribution in [2.45, 2.75) is 12.5 Å². The smallest absolute Gasteiger partial charge is 0.235 e. The molecule has 3 heteroatoms. The molecule has 2 rings (SSSR count). The molecule has 1 aromatic carbocycles. The number of isocyanates is 1. The molecule has 0 amide bonds. The standard InChI is InChI=1S/C10H9NO2/c12-7-11-9-5-6-13-10-4-2-1-3-8(9)10/h1-4,9H,5-6H2/t9-/m1/s1. The molecule has 1 aromatic rings. The van der Waals surface area contributed by atoms with Gasteiger partial charge in [0.1, 0.15) is 5.75 Å². The second-order valence-electron chi connectivity index (χ2n) is 2.91. The lowest BCUT2D eigenvalue weighted by Crippen LogP contribution is -2.12. The van der Waals surface area contributed by atoms with Crippen LogP contribution in [0.1, 0.15) is 18.0 Å². The monoisotopic (exact) mass is 175 g/mol. The fourth-order valence-electron chi connectivity index (χ4n) is 1.52. The average molecular weight is 175 g/mol. The minimum atomic E-state index is -0.0672. The molecule has 1 aliphatic heterocycles. The van der Waals surface area contributed by atoms with Gasteiger partial charge in [0.25, 0.3) is 0 Å². The first-order chi connectivity index (χ1) is 6.42. The highest BCUT2D eigenvalue weighted by Gasteiger charge is 2.19. The predicted octanol–water partition coefficient (Wildman–Crippen LogP) is 1.85. The van der Waals surface area contributed by atoms with E-state index in [4.69, 9.17) is 4.74 Å². The zero-order valence-corrected chi connectivity index (χ0v) is 7.06. The molecule has 0 radical (unpaired) electrons. The second-order valence-corrected chi connectivity index (χ2v) is 2.91. The van der Waals surface area contributed by atoms with Crippen molar-refractivity contribution in [3.8, 4) is 5.75 Å². The van der Waals surface area contributed by atoms with Crippen LogP contribution in [0, 0.1) is 0 Å². The number of para-hydroxylation sites is 1. The molecule has 3 nitrogen and oxygen atoms in total. The summed E-state index contributed by atoms with van der Waals surface area (Å²) in [5.41, 5.74) is 0.983. The summed E-state index contributed by atoms with van der Waals surface area (Å²) in [6, 6.07) is 7.58. The van der Waals surface area contributed by atoms with Gasteiger partial charge in [-0.2, -0.15) is 4.99 Å². The Morgan fingerprint density at radius 2 is 2.31 bits per heavy atom. The maximum absolute atomic E-state index is 10.2. The van der Waals surface area contributed by atoms with Crippen molar-refractivity contribution in [2.24, 2.45) is 4.99 Å². The summed E-state index contributed by atoms with van der Waals surface area (Å²) < 4.78 is 5.41. The minimum Gasteiger partial charge on any atom is -0.493 e. The summed E-state index contributed by atoms with van der Waals surface area (Å²) in [5, 5.41) is 0. The fraction of sp³-hybridized carbons (Fsp3) is 0.300. The number of benzene rings is 1. The molecular weight excluding hydrogens is 166 g/mol. The number of aliphatic imine (C=N–C) groups is 1. The molecule has 66 valence electrons. The van der Waals surface area contributed by atoms with Crippen molar-refractivity contribution < 1.29 is 9.53 Å². The number of hydrogen-bond acceptors (Lipinski definition) is 3. The Morgan fingerprint density at radius 1 is 1.46 bits per heavy atom. The van der Waals surface area contributed by atoms with Gasteiger partial charge in [-0.3, -0.25) is 0 Å².